The molecule has 2 rings (SSSR count). The van der Waals surface area contributed by atoms with Crippen molar-refractivity contribution < 1.29 is 9.84 Å². The van der Waals surface area contributed by atoms with Crippen LogP contribution in [0.1, 0.15) is 37.5 Å². The molecule has 5 nitrogen and oxygen atoms in total. The van der Waals surface area contributed by atoms with Crippen molar-refractivity contribution >= 4 is 16.5 Å². The molecule has 1 aromatic heterocycles. The summed E-state index contributed by atoms with van der Waals surface area (Å²) in [5.74, 6) is 1.35. The van der Waals surface area contributed by atoms with E-state index in [1.54, 1.807) is 18.4 Å². The first-order valence-electron chi connectivity index (χ1n) is 7.56. The van der Waals surface area contributed by atoms with Gasteiger partial charge in [-0.1, -0.05) is 31.1 Å². The molecule has 1 aromatic rings. The number of ether oxygens (including phenoxy) is 1. The molecule has 0 aliphatic heterocycles. The predicted octanol–water partition coefficient (Wildman–Crippen LogP) is 2.25. The van der Waals surface area contributed by atoms with Crippen LogP contribution in [0.25, 0.3) is 0 Å². The summed E-state index contributed by atoms with van der Waals surface area (Å²) in [5, 5.41) is 14.4. The molecule has 6 heteroatoms. The van der Waals surface area contributed by atoms with Gasteiger partial charge in [-0.3, -0.25) is 0 Å². The van der Waals surface area contributed by atoms with Crippen LogP contribution < -0.4 is 15.0 Å². The number of aromatic nitrogens is 1. The third-order valence-electron chi connectivity index (χ3n) is 4.24. The quantitative estimate of drug-likeness (QED) is 0.843. The number of aliphatic hydroxyl groups is 1. The van der Waals surface area contributed by atoms with Crippen molar-refractivity contribution in [3.63, 3.8) is 0 Å². The van der Waals surface area contributed by atoms with E-state index < -0.39 is 0 Å². The third-order valence-corrected chi connectivity index (χ3v) is 5.45. The number of anilines is 1. The van der Waals surface area contributed by atoms with Gasteiger partial charge in [0.05, 0.1) is 18.6 Å². The molecule has 1 aliphatic carbocycles. The molecule has 1 aliphatic rings. The summed E-state index contributed by atoms with van der Waals surface area (Å²) in [5.41, 5.74) is -0.148. The highest BCUT2D eigenvalue weighted by atomic mass is 32.1. The lowest BCUT2D eigenvalue weighted by Gasteiger charge is -2.39. The Hall–Kier alpha value is -0.850. The minimum absolute atomic E-state index is 0.148. The number of nitrogens with zero attached hydrogens (tertiary/aromatic N) is 2. The van der Waals surface area contributed by atoms with Gasteiger partial charge < -0.3 is 20.1 Å². The molecule has 1 saturated carbocycles. The number of hydrogen-bond donors (Lipinski definition) is 2. The van der Waals surface area contributed by atoms with Gasteiger partial charge in [0.2, 0.25) is 5.88 Å². The van der Waals surface area contributed by atoms with Crippen LogP contribution in [0.2, 0.25) is 0 Å². The van der Waals surface area contributed by atoms with Gasteiger partial charge in [0, 0.05) is 26.2 Å². The monoisotopic (exact) mass is 313 g/mol. The Morgan fingerprint density at radius 3 is 2.86 bits per heavy atom. The van der Waals surface area contributed by atoms with Gasteiger partial charge in [-0.15, -0.1) is 0 Å². The molecule has 0 aromatic carbocycles. The molecule has 0 radical (unpaired) electrons. The summed E-state index contributed by atoms with van der Waals surface area (Å²) >= 11 is 1.64. The van der Waals surface area contributed by atoms with E-state index >= 15 is 0 Å². The Balaban J connectivity index is 2.07. The predicted molar refractivity (Wildman–Crippen MR) is 87.3 cm³/mol. The summed E-state index contributed by atoms with van der Waals surface area (Å²) in [7, 11) is 5.61. The number of methoxy groups -OCH3 is 1. The van der Waals surface area contributed by atoms with Crippen LogP contribution >= 0.6 is 11.3 Å². The van der Waals surface area contributed by atoms with Gasteiger partial charge in [-0.2, -0.15) is 4.98 Å². The average Bonchev–Trinajstić information content (AvgIpc) is 2.89. The second kappa shape index (κ2) is 6.94. The lowest BCUT2D eigenvalue weighted by molar-refractivity contribution is 0.0983. The number of hydrogen-bond acceptors (Lipinski definition) is 6. The van der Waals surface area contributed by atoms with Crippen molar-refractivity contribution in [3.05, 3.63) is 4.88 Å². The lowest BCUT2D eigenvalue weighted by atomic mass is 9.77. The second-order valence-corrected chi connectivity index (χ2v) is 7.38. The molecule has 0 bridgehead atoms. The van der Waals surface area contributed by atoms with Crippen molar-refractivity contribution in [2.45, 2.75) is 44.7 Å². The molecule has 21 heavy (non-hydrogen) atoms. The Morgan fingerprint density at radius 1 is 1.52 bits per heavy atom. The van der Waals surface area contributed by atoms with Crippen molar-refractivity contribution in [2.75, 3.05) is 32.7 Å². The van der Waals surface area contributed by atoms with Crippen LogP contribution in [-0.2, 0) is 6.54 Å². The zero-order valence-electron chi connectivity index (χ0n) is 13.5. The van der Waals surface area contributed by atoms with Crippen LogP contribution in [0.5, 0.6) is 5.88 Å². The van der Waals surface area contributed by atoms with Gasteiger partial charge in [0.25, 0.3) is 0 Å². The topological polar surface area (TPSA) is 57.6 Å². The van der Waals surface area contributed by atoms with E-state index in [2.05, 4.69) is 17.2 Å². The fourth-order valence-electron chi connectivity index (χ4n) is 3.08. The molecule has 2 unspecified atom stereocenters. The molecule has 0 spiro atoms. The Kier molecular flexibility index (Phi) is 5.46. The van der Waals surface area contributed by atoms with E-state index in [9.17, 15) is 5.11 Å². The molecule has 120 valence electrons. The highest BCUT2D eigenvalue weighted by Gasteiger charge is 2.34. The minimum Gasteiger partial charge on any atom is -0.480 e. The van der Waals surface area contributed by atoms with E-state index in [-0.39, 0.29) is 12.1 Å². The molecular formula is C15H27N3O2S. The van der Waals surface area contributed by atoms with Crippen LogP contribution in [0, 0.1) is 5.92 Å². The van der Waals surface area contributed by atoms with Crippen LogP contribution in [0.3, 0.4) is 0 Å². The molecule has 0 saturated heterocycles. The zero-order valence-corrected chi connectivity index (χ0v) is 14.3. The highest BCUT2D eigenvalue weighted by Crippen LogP contribution is 2.34. The minimum atomic E-state index is -0.148. The first-order chi connectivity index (χ1) is 9.99. The molecule has 0 amide bonds. The lowest BCUT2D eigenvalue weighted by Crippen LogP contribution is -2.50. The summed E-state index contributed by atoms with van der Waals surface area (Å²) < 4.78 is 5.37. The van der Waals surface area contributed by atoms with E-state index in [0.29, 0.717) is 18.3 Å². The molecule has 1 heterocycles. The molecule has 2 atom stereocenters. The number of thiazole rings is 1. The molecule has 1 fully saturated rings. The van der Waals surface area contributed by atoms with Gasteiger partial charge in [0.15, 0.2) is 5.13 Å². The summed E-state index contributed by atoms with van der Waals surface area (Å²) in [6.45, 7) is 3.16. The van der Waals surface area contributed by atoms with Crippen LogP contribution in [0.4, 0.5) is 5.13 Å². The van der Waals surface area contributed by atoms with Gasteiger partial charge in [0.1, 0.15) is 0 Å². The highest BCUT2D eigenvalue weighted by molar-refractivity contribution is 7.15. The van der Waals surface area contributed by atoms with E-state index in [0.717, 1.165) is 22.9 Å². The Labute approximate surface area is 131 Å². The summed E-state index contributed by atoms with van der Waals surface area (Å²) in [4.78, 5) is 7.55. The Bertz CT molecular complexity index is 464. The number of nitrogens with one attached hydrogen (secondary N) is 1. The first kappa shape index (κ1) is 16.5. The average molecular weight is 313 g/mol. The molecule has 2 N–H and O–H groups in total. The zero-order chi connectivity index (χ0) is 15.5. The summed E-state index contributed by atoms with van der Waals surface area (Å²) in [6, 6.07) is 0. The maximum Gasteiger partial charge on any atom is 0.230 e. The third kappa shape index (κ3) is 3.87. The largest absolute Gasteiger partial charge is 0.480 e. The van der Waals surface area contributed by atoms with Gasteiger partial charge >= 0.3 is 0 Å². The van der Waals surface area contributed by atoms with Crippen molar-refractivity contribution in [1.82, 2.24) is 10.3 Å². The van der Waals surface area contributed by atoms with E-state index in [1.165, 1.54) is 12.8 Å². The normalized spacial score (nSPS) is 25.9. The van der Waals surface area contributed by atoms with Crippen molar-refractivity contribution in [2.24, 2.45) is 5.92 Å². The van der Waals surface area contributed by atoms with E-state index in [1.807, 2.05) is 19.0 Å². The number of rotatable bonds is 6. The first-order valence-corrected chi connectivity index (χ1v) is 8.38. The smallest absolute Gasteiger partial charge is 0.230 e. The van der Waals surface area contributed by atoms with Crippen molar-refractivity contribution in [3.8, 4) is 5.88 Å². The Morgan fingerprint density at radius 2 is 2.29 bits per heavy atom. The second-order valence-electron chi connectivity index (χ2n) is 6.32. The van der Waals surface area contributed by atoms with Crippen molar-refractivity contribution in [1.29, 1.82) is 0 Å². The van der Waals surface area contributed by atoms with Gasteiger partial charge in [-0.25, -0.2) is 0 Å². The maximum absolute atomic E-state index is 9.84. The maximum atomic E-state index is 9.84. The fraction of sp³-hybridized carbons (Fsp3) is 0.800. The summed E-state index contributed by atoms with van der Waals surface area (Å²) in [6.07, 6.45) is 4.51. The van der Waals surface area contributed by atoms with Gasteiger partial charge in [-0.05, 0) is 18.8 Å². The van der Waals surface area contributed by atoms with E-state index in [4.69, 9.17) is 4.74 Å². The standard InChI is InChI=1S/C15H27N3O2S/c1-11-6-5-7-15(8-11,10-19)16-9-12-13(20-4)17-14(21-12)18(2)3/h11,16,19H,5-10H2,1-4H3. The van der Waals surface area contributed by atoms with Crippen LogP contribution in [0.15, 0.2) is 0 Å². The number of aliphatic hydroxyl groups excluding tert-OH is 1. The molecular weight excluding hydrogens is 286 g/mol. The SMILES string of the molecule is COc1nc(N(C)C)sc1CNC1(CO)CCCC(C)C1. The van der Waals surface area contributed by atoms with Crippen LogP contribution in [-0.4, -0.2) is 43.4 Å². The fourth-order valence-corrected chi connectivity index (χ4v) is 3.97.